The summed E-state index contributed by atoms with van der Waals surface area (Å²) in [6, 6.07) is 8.68. The Kier molecular flexibility index (Phi) is 5.88. The first-order chi connectivity index (χ1) is 13.0. The van der Waals surface area contributed by atoms with Gasteiger partial charge in [0.15, 0.2) is 11.5 Å². The average Bonchev–Trinajstić information content (AvgIpc) is 2.66. The number of benzene rings is 2. The van der Waals surface area contributed by atoms with Crippen molar-refractivity contribution in [3.8, 4) is 28.7 Å². The van der Waals surface area contributed by atoms with Gasteiger partial charge < -0.3 is 29.5 Å². The van der Waals surface area contributed by atoms with E-state index in [0.29, 0.717) is 35.5 Å². The summed E-state index contributed by atoms with van der Waals surface area (Å²) in [5.74, 6) is 1.19. The smallest absolute Gasteiger partial charge is 0.207 e. The molecule has 0 fully saturated rings. The Morgan fingerprint density at radius 2 is 1.74 bits per heavy atom. The lowest BCUT2D eigenvalue weighted by atomic mass is 10.0. The number of fused-ring (bicyclic) bond motifs is 7. The van der Waals surface area contributed by atoms with Gasteiger partial charge in [-0.1, -0.05) is 24.3 Å². The molecule has 4 bridgehead atoms. The van der Waals surface area contributed by atoms with E-state index in [1.54, 1.807) is 36.4 Å². The molecule has 2 heterocycles. The summed E-state index contributed by atoms with van der Waals surface area (Å²) in [7, 11) is 2.92. The van der Waals surface area contributed by atoms with E-state index in [9.17, 15) is 15.3 Å². The number of ether oxygens (including phenoxy) is 3. The Bertz CT molecular complexity index is 812. The molecule has 0 radical (unpaired) electrons. The summed E-state index contributed by atoms with van der Waals surface area (Å²) in [5.41, 5.74) is 1.34. The molecule has 2 atom stereocenters. The maximum atomic E-state index is 10.5. The van der Waals surface area contributed by atoms with Crippen molar-refractivity contribution in [2.45, 2.75) is 31.5 Å². The van der Waals surface area contributed by atoms with Crippen molar-refractivity contribution in [2.75, 3.05) is 14.2 Å². The van der Waals surface area contributed by atoms with Gasteiger partial charge in [-0.05, 0) is 36.6 Å². The molecule has 144 valence electrons. The van der Waals surface area contributed by atoms with Crippen molar-refractivity contribution in [1.82, 2.24) is 0 Å². The van der Waals surface area contributed by atoms with Crippen LogP contribution in [0, 0.1) is 0 Å². The summed E-state index contributed by atoms with van der Waals surface area (Å²) in [6.45, 7) is 0. The van der Waals surface area contributed by atoms with E-state index in [1.165, 1.54) is 14.2 Å². The van der Waals surface area contributed by atoms with Crippen LogP contribution in [-0.2, 0) is 0 Å². The second kappa shape index (κ2) is 8.33. The molecule has 2 aromatic carbocycles. The Balaban J connectivity index is 2.09. The van der Waals surface area contributed by atoms with Crippen molar-refractivity contribution in [3.05, 3.63) is 47.5 Å². The molecular weight excluding hydrogens is 348 g/mol. The first kappa shape index (κ1) is 19.1. The van der Waals surface area contributed by atoms with Crippen LogP contribution in [0.5, 0.6) is 28.7 Å². The van der Waals surface area contributed by atoms with Gasteiger partial charge in [-0.2, -0.15) is 0 Å². The number of aliphatic hydroxyl groups excluding tert-OH is 2. The van der Waals surface area contributed by atoms with Gasteiger partial charge in [-0.3, -0.25) is 0 Å². The highest BCUT2D eigenvalue weighted by Crippen LogP contribution is 2.47. The summed E-state index contributed by atoms with van der Waals surface area (Å²) >= 11 is 0. The van der Waals surface area contributed by atoms with E-state index in [1.807, 2.05) is 6.08 Å². The molecule has 0 unspecified atom stereocenters. The minimum atomic E-state index is -0.747. The minimum Gasteiger partial charge on any atom is -0.502 e. The molecular formula is C21H24O6. The number of phenols is 1. The molecule has 3 N–H and O–H groups in total. The van der Waals surface area contributed by atoms with E-state index in [0.717, 1.165) is 0 Å². The van der Waals surface area contributed by atoms with Gasteiger partial charge >= 0.3 is 0 Å². The van der Waals surface area contributed by atoms with Gasteiger partial charge in [0.25, 0.3) is 0 Å². The number of phenolic OH excluding ortho intramolecular Hbond substituents is 1. The van der Waals surface area contributed by atoms with Crippen molar-refractivity contribution in [1.29, 1.82) is 0 Å². The molecule has 6 heteroatoms. The van der Waals surface area contributed by atoms with Crippen molar-refractivity contribution in [2.24, 2.45) is 0 Å². The number of allylic oxidation sites excluding steroid dienone is 1. The first-order valence-electron chi connectivity index (χ1n) is 8.82. The fourth-order valence-corrected chi connectivity index (χ4v) is 3.14. The minimum absolute atomic E-state index is 0.145. The predicted molar refractivity (Wildman–Crippen MR) is 102 cm³/mol. The van der Waals surface area contributed by atoms with Crippen LogP contribution in [0.2, 0.25) is 0 Å². The number of aliphatic hydroxyl groups is 2. The standard InChI is InChI=1S/C21H24O6/c1-25-20-14-5-3-4-6-15(22)12-17(23)13-7-9-16(10-8-13)27-18(11-14)21(26-2)19(20)24/h3,5,7-11,15,17,22-24H,4,6,12H2,1-2H3/b5-3+/t15-,17+/m1/s1. The Morgan fingerprint density at radius 3 is 2.41 bits per heavy atom. The summed E-state index contributed by atoms with van der Waals surface area (Å²) in [5, 5.41) is 31.0. The van der Waals surface area contributed by atoms with Crippen molar-refractivity contribution >= 4 is 6.08 Å². The molecule has 0 amide bonds. The lowest BCUT2D eigenvalue weighted by Gasteiger charge is -2.17. The number of hydrogen-bond donors (Lipinski definition) is 3. The maximum Gasteiger partial charge on any atom is 0.207 e. The van der Waals surface area contributed by atoms with Crippen molar-refractivity contribution in [3.63, 3.8) is 0 Å². The second-order valence-electron chi connectivity index (χ2n) is 6.44. The third-order valence-corrected chi connectivity index (χ3v) is 4.56. The number of aromatic hydroxyl groups is 1. The summed E-state index contributed by atoms with van der Waals surface area (Å²) < 4.78 is 16.5. The third-order valence-electron chi connectivity index (χ3n) is 4.56. The van der Waals surface area contributed by atoms with Crippen LogP contribution in [0.4, 0.5) is 0 Å². The molecule has 0 aromatic heterocycles. The fraction of sp³-hybridized carbons (Fsp3) is 0.333. The molecule has 2 aromatic rings. The number of hydrogen-bond acceptors (Lipinski definition) is 6. The maximum absolute atomic E-state index is 10.5. The normalized spacial score (nSPS) is 20.9. The van der Waals surface area contributed by atoms with Crippen LogP contribution in [0.25, 0.3) is 6.08 Å². The molecule has 0 saturated carbocycles. The molecule has 2 aliphatic heterocycles. The van der Waals surface area contributed by atoms with Crippen LogP contribution in [0.15, 0.2) is 36.4 Å². The molecule has 4 rings (SSSR count). The highest BCUT2D eigenvalue weighted by molar-refractivity contribution is 5.70. The quantitative estimate of drug-likeness (QED) is 0.743. The van der Waals surface area contributed by atoms with Crippen LogP contribution in [-0.4, -0.2) is 35.6 Å². The van der Waals surface area contributed by atoms with E-state index in [2.05, 4.69) is 0 Å². The first-order valence-corrected chi connectivity index (χ1v) is 8.82. The Hall–Kier alpha value is -2.70. The zero-order valence-corrected chi connectivity index (χ0v) is 15.4. The van der Waals surface area contributed by atoms with Crippen LogP contribution >= 0.6 is 0 Å². The Labute approximate surface area is 158 Å². The highest BCUT2D eigenvalue weighted by atomic mass is 16.5. The zero-order chi connectivity index (χ0) is 19.4. The predicted octanol–water partition coefficient (Wildman–Crippen LogP) is 3.79. The van der Waals surface area contributed by atoms with E-state index in [4.69, 9.17) is 14.2 Å². The SMILES string of the molecule is COc1c2cc(c(OC)c1O)Oc1ccc(cc1)[C@@H](O)C[C@H](O)CC/C=C/2. The van der Waals surface area contributed by atoms with E-state index in [-0.39, 0.29) is 23.7 Å². The summed E-state index contributed by atoms with van der Waals surface area (Å²) in [4.78, 5) is 0. The lowest BCUT2D eigenvalue weighted by Crippen LogP contribution is -2.11. The third kappa shape index (κ3) is 4.18. The van der Waals surface area contributed by atoms with Gasteiger partial charge in [-0.15, -0.1) is 0 Å². The molecule has 0 spiro atoms. The number of rotatable bonds is 2. The molecule has 2 aliphatic rings. The molecule has 0 aliphatic carbocycles. The zero-order valence-electron chi connectivity index (χ0n) is 15.4. The van der Waals surface area contributed by atoms with Gasteiger partial charge in [0, 0.05) is 12.0 Å². The van der Waals surface area contributed by atoms with Crippen LogP contribution < -0.4 is 14.2 Å². The van der Waals surface area contributed by atoms with Crippen LogP contribution in [0.3, 0.4) is 0 Å². The number of methoxy groups -OCH3 is 2. The summed E-state index contributed by atoms with van der Waals surface area (Å²) in [6.07, 6.45) is 3.71. The topological polar surface area (TPSA) is 88.4 Å². The molecule has 6 nitrogen and oxygen atoms in total. The van der Waals surface area contributed by atoms with Gasteiger partial charge in [0.2, 0.25) is 11.5 Å². The average molecular weight is 372 g/mol. The highest BCUT2D eigenvalue weighted by Gasteiger charge is 2.20. The van der Waals surface area contributed by atoms with E-state index >= 15 is 0 Å². The molecule has 0 saturated heterocycles. The lowest BCUT2D eigenvalue weighted by molar-refractivity contribution is 0.0761. The van der Waals surface area contributed by atoms with Crippen molar-refractivity contribution < 1.29 is 29.5 Å². The van der Waals surface area contributed by atoms with Gasteiger partial charge in [0.1, 0.15) is 5.75 Å². The van der Waals surface area contributed by atoms with Gasteiger partial charge in [-0.25, -0.2) is 0 Å². The van der Waals surface area contributed by atoms with E-state index < -0.39 is 12.2 Å². The fourth-order valence-electron chi connectivity index (χ4n) is 3.14. The van der Waals surface area contributed by atoms with Crippen LogP contribution in [0.1, 0.15) is 36.5 Å². The van der Waals surface area contributed by atoms with Gasteiger partial charge in [0.05, 0.1) is 26.4 Å². The monoisotopic (exact) mass is 372 g/mol. The molecule has 27 heavy (non-hydrogen) atoms. The largest absolute Gasteiger partial charge is 0.502 e. The Morgan fingerprint density at radius 1 is 1.04 bits per heavy atom. The second-order valence-corrected chi connectivity index (χ2v) is 6.44.